The second kappa shape index (κ2) is 5.49. The largest absolute Gasteiger partial charge is 0.393 e. The maximum absolute atomic E-state index is 5.42. The molecule has 12 heavy (non-hydrogen) atoms. The van der Waals surface area contributed by atoms with Gasteiger partial charge in [-0.05, 0) is 45.3 Å². The lowest BCUT2D eigenvalue weighted by Crippen LogP contribution is -2.31. The molecule has 0 saturated carbocycles. The molecule has 0 bridgehead atoms. The highest BCUT2D eigenvalue weighted by atomic mass is 32.1. The number of hydrogen-bond donors (Lipinski definition) is 1. The molecule has 3 heteroatoms. The summed E-state index contributed by atoms with van der Waals surface area (Å²) >= 11 is 4.82. The number of nitrogens with zero attached hydrogens (tertiary/aromatic N) is 1. The van der Waals surface area contributed by atoms with E-state index in [1.807, 2.05) is 0 Å². The Hall–Kier alpha value is -0.150. The van der Waals surface area contributed by atoms with Gasteiger partial charge >= 0.3 is 0 Å². The zero-order valence-corrected chi connectivity index (χ0v) is 8.41. The number of piperidine rings is 1. The fourth-order valence-corrected chi connectivity index (χ4v) is 1.80. The summed E-state index contributed by atoms with van der Waals surface area (Å²) in [6.07, 6.45) is 6.19. The van der Waals surface area contributed by atoms with E-state index in [0.29, 0.717) is 4.99 Å². The average molecular weight is 186 g/mol. The van der Waals surface area contributed by atoms with Crippen LogP contribution in [0.15, 0.2) is 0 Å². The number of nitrogens with two attached hydrogens (primary N) is 1. The minimum absolute atomic E-state index is 0.659. The zero-order valence-electron chi connectivity index (χ0n) is 7.59. The van der Waals surface area contributed by atoms with Crippen LogP contribution in [0.25, 0.3) is 0 Å². The SMILES string of the molecule is NC(=S)CCCN1CCCCC1. The highest BCUT2D eigenvalue weighted by Crippen LogP contribution is 2.09. The summed E-state index contributed by atoms with van der Waals surface area (Å²) in [4.78, 5) is 3.17. The van der Waals surface area contributed by atoms with Gasteiger partial charge < -0.3 is 10.6 Å². The van der Waals surface area contributed by atoms with Gasteiger partial charge in [0, 0.05) is 0 Å². The summed E-state index contributed by atoms with van der Waals surface area (Å²) < 4.78 is 0. The molecule has 1 aliphatic rings. The number of thiocarbonyl (C=S) groups is 1. The molecule has 1 aliphatic heterocycles. The Morgan fingerprint density at radius 1 is 1.25 bits per heavy atom. The molecule has 0 aromatic heterocycles. The molecule has 0 aromatic rings. The van der Waals surface area contributed by atoms with Crippen molar-refractivity contribution >= 4 is 17.2 Å². The van der Waals surface area contributed by atoms with Crippen molar-refractivity contribution in [2.24, 2.45) is 5.73 Å². The van der Waals surface area contributed by atoms with Crippen molar-refractivity contribution in [2.45, 2.75) is 32.1 Å². The molecule has 0 atom stereocenters. The fourth-order valence-electron chi connectivity index (χ4n) is 1.66. The first-order valence-corrected chi connectivity index (χ1v) is 5.20. The minimum Gasteiger partial charge on any atom is -0.393 e. The number of rotatable bonds is 4. The Morgan fingerprint density at radius 2 is 1.92 bits per heavy atom. The quantitative estimate of drug-likeness (QED) is 0.675. The topological polar surface area (TPSA) is 29.3 Å². The lowest BCUT2D eigenvalue weighted by atomic mass is 10.1. The Morgan fingerprint density at radius 3 is 2.50 bits per heavy atom. The van der Waals surface area contributed by atoms with Gasteiger partial charge in [0.25, 0.3) is 0 Å². The molecule has 0 aromatic carbocycles. The maximum Gasteiger partial charge on any atom is 0.0727 e. The molecule has 70 valence electrons. The van der Waals surface area contributed by atoms with Crippen molar-refractivity contribution in [2.75, 3.05) is 19.6 Å². The monoisotopic (exact) mass is 186 g/mol. The van der Waals surface area contributed by atoms with E-state index in [2.05, 4.69) is 4.90 Å². The van der Waals surface area contributed by atoms with Crippen LogP contribution in [0.5, 0.6) is 0 Å². The van der Waals surface area contributed by atoms with Crippen LogP contribution in [0.1, 0.15) is 32.1 Å². The van der Waals surface area contributed by atoms with E-state index in [1.165, 1.54) is 38.9 Å². The molecule has 0 aliphatic carbocycles. The second-order valence-electron chi connectivity index (χ2n) is 3.47. The Labute approximate surface area is 80.1 Å². The van der Waals surface area contributed by atoms with Gasteiger partial charge in [0.15, 0.2) is 0 Å². The van der Waals surface area contributed by atoms with Crippen LogP contribution in [-0.2, 0) is 0 Å². The maximum atomic E-state index is 5.42. The van der Waals surface area contributed by atoms with Crippen LogP contribution < -0.4 is 5.73 Å². The van der Waals surface area contributed by atoms with E-state index in [9.17, 15) is 0 Å². The van der Waals surface area contributed by atoms with Gasteiger partial charge in [-0.2, -0.15) is 0 Å². The smallest absolute Gasteiger partial charge is 0.0727 e. The van der Waals surface area contributed by atoms with Crippen molar-refractivity contribution in [1.82, 2.24) is 4.90 Å². The van der Waals surface area contributed by atoms with Gasteiger partial charge in [-0.15, -0.1) is 0 Å². The lowest BCUT2D eigenvalue weighted by molar-refractivity contribution is 0.227. The Bertz CT molecular complexity index is 141. The Kier molecular flexibility index (Phi) is 4.54. The molecule has 1 fully saturated rings. The first-order chi connectivity index (χ1) is 5.79. The molecular formula is C9H18N2S. The highest BCUT2D eigenvalue weighted by Gasteiger charge is 2.08. The van der Waals surface area contributed by atoms with Gasteiger partial charge in [-0.3, -0.25) is 0 Å². The summed E-state index contributed by atoms with van der Waals surface area (Å²) in [7, 11) is 0. The van der Waals surface area contributed by atoms with E-state index in [1.54, 1.807) is 0 Å². The fraction of sp³-hybridized carbons (Fsp3) is 0.889. The van der Waals surface area contributed by atoms with Crippen LogP contribution in [0.2, 0.25) is 0 Å². The standard InChI is InChI=1S/C9H18N2S/c10-9(12)5-4-8-11-6-2-1-3-7-11/h1-8H2,(H2,10,12). The molecule has 2 N–H and O–H groups in total. The van der Waals surface area contributed by atoms with Crippen LogP contribution >= 0.6 is 12.2 Å². The van der Waals surface area contributed by atoms with E-state index in [4.69, 9.17) is 18.0 Å². The van der Waals surface area contributed by atoms with Crippen LogP contribution in [0.4, 0.5) is 0 Å². The molecule has 1 saturated heterocycles. The Balaban J connectivity index is 2.01. The van der Waals surface area contributed by atoms with E-state index in [0.717, 1.165) is 12.8 Å². The van der Waals surface area contributed by atoms with Crippen LogP contribution in [-0.4, -0.2) is 29.5 Å². The van der Waals surface area contributed by atoms with Gasteiger partial charge in [0.2, 0.25) is 0 Å². The predicted molar refractivity (Wildman–Crippen MR) is 56.3 cm³/mol. The van der Waals surface area contributed by atoms with Crippen molar-refractivity contribution in [3.8, 4) is 0 Å². The molecule has 1 rings (SSSR count). The summed E-state index contributed by atoms with van der Waals surface area (Å²) in [6.45, 7) is 3.73. The van der Waals surface area contributed by atoms with E-state index in [-0.39, 0.29) is 0 Å². The zero-order chi connectivity index (χ0) is 8.81. The first-order valence-electron chi connectivity index (χ1n) is 4.80. The van der Waals surface area contributed by atoms with Crippen molar-refractivity contribution in [3.63, 3.8) is 0 Å². The third kappa shape index (κ3) is 4.02. The normalized spacial score (nSPS) is 19.3. The third-order valence-electron chi connectivity index (χ3n) is 2.35. The lowest BCUT2D eigenvalue weighted by Gasteiger charge is -2.26. The van der Waals surface area contributed by atoms with Crippen LogP contribution in [0.3, 0.4) is 0 Å². The molecular weight excluding hydrogens is 168 g/mol. The molecule has 2 nitrogen and oxygen atoms in total. The van der Waals surface area contributed by atoms with Gasteiger partial charge in [0.05, 0.1) is 4.99 Å². The van der Waals surface area contributed by atoms with Crippen molar-refractivity contribution < 1.29 is 0 Å². The molecule has 0 unspecified atom stereocenters. The van der Waals surface area contributed by atoms with Crippen molar-refractivity contribution in [1.29, 1.82) is 0 Å². The van der Waals surface area contributed by atoms with E-state index < -0.39 is 0 Å². The van der Waals surface area contributed by atoms with Gasteiger partial charge in [0.1, 0.15) is 0 Å². The first kappa shape index (κ1) is 9.93. The average Bonchev–Trinajstić information content (AvgIpc) is 2.05. The predicted octanol–water partition coefficient (Wildman–Crippen LogP) is 1.54. The van der Waals surface area contributed by atoms with Crippen LogP contribution in [0, 0.1) is 0 Å². The third-order valence-corrected chi connectivity index (χ3v) is 2.55. The van der Waals surface area contributed by atoms with Gasteiger partial charge in [-0.25, -0.2) is 0 Å². The molecule has 0 amide bonds. The highest BCUT2D eigenvalue weighted by molar-refractivity contribution is 7.80. The second-order valence-corrected chi connectivity index (χ2v) is 4.00. The van der Waals surface area contributed by atoms with Crippen molar-refractivity contribution in [3.05, 3.63) is 0 Å². The number of likely N-dealkylation sites (tertiary alicyclic amines) is 1. The summed E-state index contributed by atoms with van der Waals surface area (Å²) in [5.74, 6) is 0. The molecule has 1 heterocycles. The summed E-state index contributed by atoms with van der Waals surface area (Å²) in [6, 6.07) is 0. The molecule has 0 spiro atoms. The van der Waals surface area contributed by atoms with E-state index >= 15 is 0 Å². The minimum atomic E-state index is 0.659. The number of hydrogen-bond acceptors (Lipinski definition) is 2. The molecule has 0 radical (unpaired) electrons. The van der Waals surface area contributed by atoms with Gasteiger partial charge in [-0.1, -0.05) is 18.6 Å². The summed E-state index contributed by atoms with van der Waals surface area (Å²) in [5, 5.41) is 0. The summed E-state index contributed by atoms with van der Waals surface area (Å²) in [5.41, 5.74) is 5.42.